The van der Waals surface area contributed by atoms with Crippen molar-refractivity contribution in [2.75, 3.05) is 26.5 Å². The second kappa shape index (κ2) is 11.1. The van der Waals surface area contributed by atoms with Crippen LogP contribution in [-0.4, -0.2) is 46.8 Å². The van der Waals surface area contributed by atoms with E-state index in [2.05, 4.69) is 22.3 Å². The molecule has 1 unspecified atom stereocenters. The summed E-state index contributed by atoms with van der Waals surface area (Å²) in [6.45, 7) is 2.45. The Bertz CT molecular complexity index is 1060. The lowest BCUT2D eigenvalue weighted by molar-refractivity contribution is 0.0954. The average Bonchev–Trinajstić information content (AvgIpc) is 3.24. The van der Waals surface area contributed by atoms with Gasteiger partial charge >= 0.3 is 0 Å². The number of halogens is 1. The van der Waals surface area contributed by atoms with Crippen molar-refractivity contribution in [3.63, 3.8) is 0 Å². The lowest BCUT2D eigenvalue weighted by Crippen LogP contribution is -2.34. The number of nitrogens with one attached hydrogen (secondary N) is 3. The predicted octanol–water partition coefficient (Wildman–Crippen LogP) is 3.10. The Morgan fingerprint density at radius 2 is 1.88 bits per heavy atom. The molecule has 0 radical (unpaired) electrons. The van der Waals surface area contributed by atoms with Crippen LogP contribution in [0.4, 0.5) is 4.39 Å². The summed E-state index contributed by atoms with van der Waals surface area (Å²) in [5.41, 5.74) is 2.73. The Kier molecular flexibility index (Phi) is 8.45. The fourth-order valence-electron chi connectivity index (χ4n) is 4.25. The molecule has 33 heavy (non-hydrogen) atoms. The highest BCUT2D eigenvalue weighted by Crippen LogP contribution is 2.35. The number of carbonyl (C=O) groups excluding carboxylic acids is 1. The molecule has 9 heteroatoms. The summed E-state index contributed by atoms with van der Waals surface area (Å²) in [5, 5.41) is 6.35. The number of hydrogen-bond donors (Lipinski definition) is 3. The zero-order chi connectivity index (χ0) is 24.0. The fourth-order valence-corrected chi connectivity index (χ4v) is 4.73. The lowest BCUT2D eigenvalue weighted by Gasteiger charge is -2.21. The molecule has 1 amide bonds. The first-order valence-electron chi connectivity index (χ1n) is 11.1. The number of hydrogen-bond acceptors (Lipinski definition) is 5. The standard InChI is InChI=1S/C24H32FN3O4S/c1-16(19-9-11-22(25)23(15-19)32-2)28-21-10-8-20(14-21)17-4-6-18(7-5-17)24(29)26-12-13-27-33(3,30)31/h4-7,9,11,15-16,20-21,27-28H,8,10,12-14H2,1-3H3,(H,26,29)/t16-,20?,21+/m1/s1. The molecule has 7 nitrogen and oxygen atoms in total. The van der Waals surface area contributed by atoms with Crippen molar-refractivity contribution in [2.45, 2.75) is 44.2 Å². The van der Waals surface area contributed by atoms with Crippen LogP contribution in [0.25, 0.3) is 0 Å². The molecule has 3 rings (SSSR count). The number of sulfonamides is 1. The third kappa shape index (κ3) is 7.25. The second-order valence-electron chi connectivity index (χ2n) is 8.53. The van der Waals surface area contributed by atoms with Crippen LogP contribution in [0.5, 0.6) is 5.75 Å². The largest absolute Gasteiger partial charge is 0.494 e. The van der Waals surface area contributed by atoms with Gasteiger partial charge in [0.1, 0.15) is 0 Å². The molecule has 2 aromatic carbocycles. The molecule has 3 atom stereocenters. The second-order valence-corrected chi connectivity index (χ2v) is 10.4. The number of methoxy groups -OCH3 is 1. The van der Waals surface area contributed by atoms with Gasteiger partial charge in [0.25, 0.3) is 5.91 Å². The minimum absolute atomic E-state index is 0.0755. The molecule has 3 N–H and O–H groups in total. The molecule has 2 aromatic rings. The van der Waals surface area contributed by atoms with Crippen LogP contribution in [-0.2, 0) is 10.0 Å². The number of amides is 1. The topological polar surface area (TPSA) is 96.5 Å². The first-order valence-corrected chi connectivity index (χ1v) is 13.0. The third-order valence-corrected chi connectivity index (χ3v) is 6.74. The molecule has 180 valence electrons. The highest BCUT2D eigenvalue weighted by Gasteiger charge is 2.27. The van der Waals surface area contributed by atoms with E-state index in [0.29, 0.717) is 17.5 Å². The van der Waals surface area contributed by atoms with E-state index in [-0.39, 0.29) is 36.6 Å². The van der Waals surface area contributed by atoms with Crippen molar-refractivity contribution in [2.24, 2.45) is 0 Å². The third-order valence-electron chi connectivity index (χ3n) is 6.01. The summed E-state index contributed by atoms with van der Waals surface area (Å²) in [4.78, 5) is 12.2. The van der Waals surface area contributed by atoms with Gasteiger partial charge in [-0.15, -0.1) is 0 Å². The molecular weight excluding hydrogens is 445 g/mol. The molecule has 1 fully saturated rings. The highest BCUT2D eigenvalue weighted by atomic mass is 32.2. The number of carbonyl (C=O) groups is 1. The van der Waals surface area contributed by atoms with Crippen LogP contribution in [0.2, 0.25) is 0 Å². The average molecular weight is 478 g/mol. The van der Waals surface area contributed by atoms with Crippen LogP contribution < -0.4 is 20.1 Å². The van der Waals surface area contributed by atoms with Gasteiger partial charge < -0.3 is 15.4 Å². The van der Waals surface area contributed by atoms with Gasteiger partial charge in [-0.1, -0.05) is 18.2 Å². The van der Waals surface area contributed by atoms with Crippen LogP contribution >= 0.6 is 0 Å². The summed E-state index contributed by atoms with van der Waals surface area (Å²) in [7, 11) is -1.80. The lowest BCUT2D eigenvalue weighted by atomic mass is 9.96. The Morgan fingerprint density at radius 3 is 2.55 bits per heavy atom. The minimum Gasteiger partial charge on any atom is -0.494 e. The number of rotatable bonds is 10. The first kappa shape index (κ1) is 25.1. The van der Waals surface area contributed by atoms with E-state index in [1.807, 2.05) is 24.3 Å². The van der Waals surface area contributed by atoms with Gasteiger partial charge in [0, 0.05) is 30.7 Å². The van der Waals surface area contributed by atoms with Crippen LogP contribution in [0.1, 0.15) is 59.6 Å². The SMILES string of the molecule is COc1cc([C@@H](C)N[C@H]2CCC(c3ccc(C(=O)NCCNS(C)(=O)=O)cc3)C2)ccc1F. The molecule has 0 bridgehead atoms. The van der Waals surface area contributed by atoms with E-state index in [9.17, 15) is 17.6 Å². The molecule has 0 spiro atoms. The van der Waals surface area contributed by atoms with Gasteiger partial charge in [-0.25, -0.2) is 17.5 Å². The van der Waals surface area contributed by atoms with Crippen molar-refractivity contribution < 1.29 is 22.3 Å². The van der Waals surface area contributed by atoms with Crippen molar-refractivity contribution in [3.8, 4) is 5.75 Å². The Balaban J connectivity index is 1.50. The van der Waals surface area contributed by atoms with E-state index in [1.165, 1.54) is 18.7 Å². The zero-order valence-electron chi connectivity index (χ0n) is 19.2. The first-order chi connectivity index (χ1) is 15.7. The molecular formula is C24H32FN3O4S. The fraction of sp³-hybridized carbons (Fsp3) is 0.458. The maximum absolute atomic E-state index is 13.7. The maximum Gasteiger partial charge on any atom is 0.251 e. The highest BCUT2D eigenvalue weighted by molar-refractivity contribution is 7.88. The normalized spacial score (nSPS) is 19.3. The zero-order valence-corrected chi connectivity index (χ0v) is 20.0. The monoisotopic (exact) mass is 477 g/mol. The van der Waals surface area contributed by atoms with E-state index >= 15 is 0 Å². The Morgan fingerprint density at radius 1 is 1.15 bits per heavy atom. The predicted molar refractivity (Wildman–Crippen MR) is 127 cm³/mol. The molecule has 1 saturated carbocycles. The van der Waals surface area contributed by atoms with Gasteiger partial charge in [0.2, 0.25) is 10.0 Å². The van der Waals surface area contributed by atoms with Crippen molar-refractivity contribution in [1.82, 2.24) is 15.4 Å². The van der Waals surface area contributed by atoms with Crippen LogP contribution in [0, 0.1) is 5.82 Å². The maximum atomic E-state index is 13.7. The molecule has 0 aromatic heterocycles. The van der Waals surface area contributed by atoms with E-state index in [1.54, 1.807) is 12.1 Å². The molecule has 0 heterocycles. The van der Waals surface area contributed by atoms with Gasteiger partial charge in [0.05, 0.1) is 13.4 Å². The van der Waals surface area contributed by atoms with Gasteiger partial charge in [-0.05, 0) is 67.5 Å². The Hall–Kier alpha value is -2.49. The van der Waals surface area contributed by atoms with Gasteiger partial charge in [-0.2, -0.15) is 0 Å². The van der Waals surface area contributed by atoms with E-state index < -0.39 is 10.0 Å². The van der Waals surface area contributed by atoms with Gasteiger partial charge in [-0.3, -0.25) is 4.79 Å². The molecule has 1 aliphatic carbocycles. The van der Waals surface area contributed by atoms with E-state index in [0.717, 1.165) is 31.1 Å². The van der Waals surface area contributed by atoms with Crippen molar-refractivity contribution in [1.29, 1.82) is 0 Å². The smallest absolute Gasteiger partial charge is 0.251 e. The number of ether oxygens (including phenoxy) is 1. The summed E-state index contributed by atoms with van der Waals surface area (Å²) >= 11 is 0. The van der Waals surface area contributed by atoms with Crippen molar-refractivity contribution >= 4 is 15.9 Å². The van der Waals surface area contributed by atoms with E-state index in [4.69, 9.17) is 4.74 Å². The Labute approximate surface area is 195 Å². The molecule has 0 saturated heterocycles. The van der Waals surface area contributed by atoms with Gasteiger partial charge in [0.15, 0.2) is 11.6 Å². The molecule has 0 aliphatic heterocycles. The number of benzene rings is 2. The summed E-state index contributed by atoms with van der Waals surface area (Å²) in [5.74, 6) is 0.0678. The van der Waals surface area contributed by atoms with Crippen molar-refractivity contribution in [3.05, 3.63) is 65.0 Å². The summed E-state index contributed by atoms with van der Waals surface area (Å²) < 4.78 is 43.2. The van der Waals surface area contributed by atoms with Crippen LogP contribution in [0.15, 0.2) is 42.5 Å². The molecule has 1 aliphatic rings. The summed E-state index contributed by atoms with van der Waals surface area (Å²) in [6.07, 6.45) is 4.17. The summed E-state index contributed by atoms with van der Waals surface area (Å²) in [6, 6.07) is 13.0. The quantitative estimate of drug-likeness (QED) is 0.457. The minimum atomic E-state index is -3.26. The van der Waals surface area contributed by atoms with Crippen LogP contribution in [0.3, 0.4) is 0 Å².